The molecule has 0 aliphatic carbocycles. The van der Waals surface area contributed by atoms with Gasteiger partial charge in [-0.1, -0.05) is 17.3 Å². The smallest absolute Gasteiger partial charge is 0.128 e. The molecular formula is C16H15N3O3. The van der Waals surface area contributed by atoms with Crippen LogP contribution in [0.3, 0.4) is 0 Å². The summed E-state index contributed by atoms with van der Waals surface area (Å²) in [7, 11) is 1.59. The number of methoxy groups -OCH3 is 1. The third-order valence-corrected chi connectivity index (χ3v) is 3.35. The molecule has 2 aromatic carbocycles. The Bertz CT molecular complexity index is 782. The fourth-order valence-electron chi connectivity index (χ4n) is 2.30. The average molecular weight is 297 g/mol. The zero-order valence-corrected chi connectivity index (χ0v) is 12.0. The van der Waals surface area contributed by atoms with Crippen LogP contribution in [0.1, 0.15) is 5.69 Å². The number of para-hydroxylation sites is 1. The molecule has 6 heteroatoms. The van der Waals surface area contributed by atoms with Crippen LogP contribution in [0.2, 0.25) is 0 Å². The molecule has 0 bridgehead atoms. The molecule has 0 fully saturated rings. The number of aromatic hydroxyl groups is 1. The zero-order chi connectivity index (χ0) is 15.5. The number of aromatic nitrogens is 3. The molecule has 1 aromatic heterocycles. The predicted molar refractivity (Wildman–Crippen MR) is 80.9 cm³/mol. The SMILES string of the molecule is COc1ccccc1-c1c(CO)nnn1-c1ccc(O)cc1. The molecule has 22 heavy (non-hydrogen) atoms. The minimum Gasteiger partial charge on any atom is -0.508 e. The van der Waals surface area contributed by atoms with Crippen molar-refractivity contribution in [1.82, 2.24) is 15.0 Å². The topological polar surface area (TPSA) is 80.4 Å². The van der Waals surface area contributed by atoms with Crippen molar-refractivity contribution in [3.8, 4) is 28.4 Å². The first-order valence-electron chi connectivity index (χ1n) is 6.73. The van der Waals surface area contributed by atoms with E-state index in [1.165, 1.54) is 0 Å². The highest BCUT2D eigenvalue weighted by atomic mass is 16.5. The van der Waals surface area contributed by atoms with Gasteiger partial charge in [0.05, 0.1) is 19.4 Å². The van der Waals surface area contributed by atoms with Crippen molar-refractivity contribution in [2.75, 3.05) is 7.11 Å². The highest BCUT2D eigenvalue weighted by Crippen LogP contribution is 2.33. The first-order valence-corrected chi connectivity index (χ1v) is 6.73. The minimum absolute atomic E-state index is 0.171. The monoisotopic (exact) mass is 297 g/mol. The average Bonchev–Trinajstić information content (AvgIpc) is 2.99. The molecule has 2 N–H and O–H groups in total. The molecule has 0 spiro atoms. The van der Waals surface area contributed by atoms with E-state index in [9.17, 15) is 10.2 Å². The largest absolute Gasteiger partial charge is 0.508 e. The van der Waals surface area contributed by atoms with Crippen molar-refractivity contribution in [2.24, 2.45) is 0 Å². The Morgan fingerprint density at radius 3 is 2.50 bits per heavy atom. The number of aliphatic hydroxyl groups is 1. The summed E-state index contributed by atoms with van der Waals surface area (Å²) in [6, 6.07) is 14.1. The summed E-state index contributed by atoms with van der Waals surface area (Å²) in [5.41, 5.74) is 2.63. The van der Waals surface area contributed by atoms with Gasteiger partial charge in [-0.15, -0.1) is 5.10 Å². The number of hydrogen-bond donors (Lipinski definition) is 2. The van der Waals surface area contributed by atoms with Gasteiger partial charge in [-0.25, -0.2) is 4.68 Å². The Hall–Kier alpha value is -2.86. The van der Waals surface area contributed by atoms with Crippen molar-refractivity contribution < 1.29 is 14.9 Å². The molecule has 0 saturated carbocycles. The van der Waals surface area contributed by atoms with Gasteiger partial charge >= 0.3 is 0 Å². The quantitative estimate of drug-likeness (QED) is 0.771. The predicted octanol–water partition coefficient (Wildman–Crippen LogP) is 2.14. The fraction of sp³-hybridized carbons (Fsp3) is 0.125. The molecule has 0 radical (unpaired) electrons. The summed E-state index contributed by atoms with van der Waals surface area (Å²) >= 11 is 0. The van der Waals surface area contributed by atoms with Gasteiger partial charge in [0.25, 0.3) is 0 Å². The van der Waals surface area contributed by atoms with Crippen molar-refractivity contribution in [3.05, 3.63) is 54.2 Å². The second-order valence-corrected chi connectivity index (χ2v) is 4.67. The van der Waals surface area contributed by atoms with E-state index in [1.54, 1.807) is 36.1 Å². The van der Waals surface area contributed by atoms with Crippen LogP contribution in [0.5, 0.6) is 11.5 Å². The van der Waals surface area contributed by atoms with Gasteiger partial charge in [-0.05, 0) is 36.4 Å². The second-order valence-electron chi connectivity index (χ2n) is 4.67. The van der Waals surface area contributed by atoms with Gasteiger partial charge in [0, 0.05) is 5.56 Å². The van der Waals surface area contributed by atoms with Crippen LogP contribution >= 0.6 is 0 Å². The van der Waals surface area contributed by atoms with Crippen molar-refractivity contribution in [2.45, 2.75) is 6.61 Å². The minimum atomic E-state index is -0.231. The number of ether oxygens (including phenoxy) is 1. The van der Waals surface area contributed by atoms with E-state index in [4.69, 9.17) is 4.74 Å². The van der Waals surface area contributed by atoms with Gasteiger partial charge in [0.1, 0.15) is 22.9 Å². The molecule has 0 atom stereocenters. The molecule has 1 heterocycles. The molecule has 0 aliphatic heterocycles. The first-order chi connectivity index (χ1) is 10.7. The maximum atomic E-state index is 9.55. The number of nitrogens with zero attached hydrogens (tertiary/aromatic N) is 3. The molecule has 112 valence electrons. The standard InChI is InChI=1S/C16H15N3O3/c1-22-15-5-3-2-4-13(15)16-14(10-20)17-18-19(16)11-6-8-12(21)9-7-11/h2-9,20-21H,10H2,1H3. The molecule has 3 rings (SSSR count). The summed E-state index contributed by atoms with van der Waals surface area (Å²) in [4.78, 5) is 0. The van der Waals surface area contributed by atoms with Crippen molar-refractivity contribution >= 4 is 0 Å². The summed E-state index contributed by atoms with van der Waals surface area (Å²) in [6.45, 7) is -0.231. The maximum Gasteiger partial charge on any atom is 0.128 e. The molecule has 6 nitrogen and oxygen atoms in total. The van der Waals surface area contributed by atoms with Crippen LogP contribution < -0.4 is 4.74 Å². The highest BCUT2D eigenvalue weighted by molar-refractivity contribution is 5.70. The lowest BCUT2D eigenvalue weighted by Gasteiger charge is -2.11. The van der Waals surface area contributed by atoms with Crippen LogP contribution in [0.25, 0.3) is 16.9 Å². The lowest BCUT2D eigenvalue weighted by Crippen LogP contribution is -2.01. The number of aliphatic hydroxyl groups excluding tert-OH is 1. The van der Waals surface area contributed by atoms with Crippen molar-refractivity contribution in [1.29, 1.82) is 0 Å². The number of hydrogen-bond acceptors (Lipinski definition) is 5. The lowest BCUT2D eigenvalue weighted by atomic mass is 10.1. The maximum absolute atomic E-state index is 9.55. The number of phenolic OH excluding ortho intramolecular Hbond substituents is 1. The molecule has 0 amide bonds. The van der Waals surface area contributed by atoms with Gasteiger partial charge in [-0.2, -0.15) is 0 Å². The Balaban J connectivity index is 2.22. The molecule has 3 aromatic rings. The van der Waals surface area contributed by atoms with E-state index in [0.717, 1.165) is 11.3 Å². The van der Waals surface area contributed by atoms with E-state index in [2.05, 4.69) is 10.3 Å². The highest BCUT2D eigenvalue weighted by Gasteiger charge is 2.18. The summed E-state index contributed by atoms with van der Waals surface area (Å²) < 4.78 is 7.00. The molecular weight excluding hydrogens is 282 g/mol. The zero-order valence-electron chi connectivity index (χ0n) is 12.0. The molecule has 0 aliphatic rings. The van der Waals surface area contributed by atoms with Gasteiger partial charge in [0.15, 0.2) is 0 Å². The van der Waals surface area contributed by atoms with E-state index < -0.39 is 0 Å². The van der Waals surface area contributed by atoms with E-state index in [0.29, 0.717) is 17.1 Å². The van der Waals surface area contributed by atoms with E-state index in [1.807, 2.05) is 24.3 Å². The first kappa shape index (κ1) is 14.1. The summed E-state index contributed by atoms with van der Waals surface area (Å²) in [6.07, 6.45) is 0. The van der Waals surface area contributed by atoms with Crippen LogP contribution in [-0.4, -0.2) is 32.3 Å². The fourth-order valence-corrected chi connectivity index (χ4v) is 2.30. The Morgan fingerprint density at radius 1 is 1.09 bits per heavy atom. The molecule has 0 saturated heterocycles. The Kier molecular flexibility index (Phi) is 3.76. The van der Waals surface area contributed by atoms with Gasteiger partial charge in [-0.3, -0.25) is 0 Å². The van der Waals surface area contributed by atoms with Crippen LogP contribution in [0.15, 0.2) is 48.5 Å². The van der Waals surface area contributed by atoms with Gasteiger partial charge < -0.3 is 14.9 Å². The molecule has 0 unspecified atom stereocenters. The third-order valence-electron chi connectivity index (χ3n) is 3.35. The normalized spacial score (nSPS) is 10.6. The Labute approximate surface area is 127 Å². The third kappa shape index (κ3) is 2.40. The van der Waals surface area contributed by atoms with E-state index in [-0.39, 0.29) is 12.4 Å². The van der Waals surface area contributed by atoms with Crippen LogP contribution in [0, 0.1) is 0 Å². The van der Waals surface area contributed by atoms with Crippen molar-refractivity contribution in [3.63, 3.8) is 0 Å². The van der Waals surface area contributed by atoms with Gasteiger partial charge in [0.2, 0.25) is 0 Å². The Morgan fingerprint density at radius 2 is 1.82 bits per heavy atom. The number of benzene rings is 2. The summed E-state index contributed by atoms with van der Waals surface area (Å²) in [5.74, 6) is 0.838. The van der Waals surface area contributed by atoms with E-state index >= 15 is 0 Å². The summed E-state index contributed by atoms with van der Waals surface area (Å²) in [5, 5.41) is 27.1. The number of rotatable bonds is 4. The number of phenols is 1. The van der Waals surface area contributed by atoms with Crippen LogP contribution in [-0.2, 0) is 6.61 Å². The second kappa shape index (κ2) is 5.87. The van der Waals surface area contributed by atoms with Crippen LogP contribution in [0.4, 0.5) is 0 Å². The lowest BCUT2D eigenvalue weighted by molar-refractivity contribution is 0.277.